The van der Waals surface area contributed by atoms with E-state index in [4.69, 9.17) is 11.6 Å². The summed E-state index contributed by atoms with van der Waals surface area (Å²) in [5.74, 6) is -1.06. The number of nitrogens with one attached hydrogen (secondary N) is 1. The minimum absolute atomic E-state index is 0.0632. The van der Waals surface area contributed by atoms with Gasteiger partial charge in [0.15, 0.2) is 0 Å². The number of carbonyl (C=O) groups is 1. The number of nitrogens with zero attached hydrogens (tertiary/aromatic N) is 2. The van der Waals surface area contributed by atoms with Crippen molar-refractivity contribution in [2.75, 3.05) is 5.32 Å². The van der Waals surface area contributed by atoms with Crippen LogP contribution in [0.2, 0.25) is 5.02 Å². The van der Waals surface area contributed by atoms with Gasteiger partial charge in [0.05, 0.1) is 22.6 Å². The summed E-state index contributed by atoms with van der Waals surface area (Å²) in [5, 5.41) is 3.71. The lowest BCUT2D eigenvalue weighted by molar-refractivity contribution is -0.116. The number of fused-ring (bicyclic) bond motifs is 3. The van der Waals surface area contributed by atoms with Crippen LogP contribution < -0.4 is 10.9 Å². The van der Waals surface area contributed by atoms with Crippen LogP contribution in [0, 0.1) is 5.82 Å². The number of halogens is 2. The molecule has 4 rings (SSSR count). The monoisotopic (exact) mass is 387 g/mol. The van der Waals surface area contributed by atoms with Crippen LogP contribution in [0.5, 0.6) is 0 Å². The lowest BCUT2D eigenvalue weighted by Gasteiger charge is -2.07. The quantitative estimate of drug-likeness (QED) is 0.577. The maximum Gasteiger partial charge on any atom is 0.271 e. The van der Waals surface area contributed by atoms with E-state index in [0.29, 0.717) is 15.2 Å². The summed E-state index contributed by atoms with van der Waals surface area (Å²) in [7, 11) is 0. The van der Waals surface area contributed by atoms with Gasteiger partial charge in [0.25, 0.3) is 5.56 Å². The van der Waals surface area contributed by atoms with Crippen LogP contribution >= 0.6 is 22.9 Å². The number of aromatic nitrogens is 2. The Labute approximate surface area is 155 Å². The van der Waals surface area contributed by atoms with Gasteiger partial charge in [0.2, 0.25) is 5.91 Å². The number of rotatable bonds is 3. The number of amides is 1. The molecule has 8 heteroatoms. The molecule has 0 atom stereocenters. The molecule has 0 spiro atoms. The Morgan fingerprint density at radius 3 is 2.85 bits per heavy atom. The molecule has 2 heterocycles. The van der Waals surface area contributed by atoms with Crippen LogP contribution in [0.15, 0.2) is 53.6 Å². The predicted molar refractivity (Wildman–Crippen MR) is 101 cm³/mol. The SMILES string of the molecule is O=C(Cn1cnc2c(sc3cccc(Cl)c32)c1=O)Nc1ccccc1F. The molecule has 0 bridgehead atoms. The van der Waals surface area contributed by atoms with Gasteiger partial charge in [-0.15, -0.1) is 11.3 Å². The highest BCUT2D eigenvalue weighted by Crippen LogP contribution is 2.34. The molecule has 0 aliphatic carbocycles. The van der Waals surface area contributed by atoms with Crippen molar-refractivity contribution in [3.63, 3.8) is 0 Å². The number of hydrogen-bond acceptors (Lipinski definition) is 4. The molecule has 26 heavy (non-hydrogen) atoms. The second-order valence-electron chi connectivity index (χ2n) is 5.60. The van der Waals surface area contributed by atoms with E-state index in [1.54, 1.807) is 18.2 Å². The Hall–Kier alpha value is -2.77. The average Bonchev–Trinajstić information content (AvgIpc) is 3.00. The first-order valence-electron chi connectivity index (χ1n) is 7.65. The zero-order valence-corrected chi connectivity index (χ0v) is 14.8. The molecule has 5 nitrogen and oxygen atoms in total. The first-order valence-corrected chi connectivity index (χ1v) is 8.84. The number of anilines is 1. The van der Waals surface area contributed by atoms with Crippen LogP contribution in [0.25, 0.3) is 20.3 Å². The van der Waals surface area contributed by atoms with E-state index in [-0.39, 0.29) is 17.8 Å². The summed E-state index contributed by atoms with van der Waals surface area (Å²) >= 11 is 7.50. The maximum atomic E-state index is 13.6. The summed E-state index contributed by atoms with van der Waals surface area (Å²) in [6.07, 6.45) is 1.31. The predicted octanol–water partition coefficient (Wildman–Crippen LogP) is 4.04. The van der Waals surface area contributed by atoms with Gasteiger partial charge in [-0.05, 0) is 24.3 Å². The van der Waals surface area contributed by atoms with E-state index >= 15 is 0 Å². The van der Waals surface area contributed by atoms with Gasteiger partial charge in [-0.2, -0.15) is 0 Å². The first-order chi connectivity index (χ1) is 12.5. The Balaban J connectivity index is 1.69. The zero-order chi connectivity index (χ0) is 18.3. The summed E-state index contributed by atoms with van der Waals surface area (Å²) in [4.78, 5) is 29.2. The molecule has 0 aliphatic heterocycles. The van der Waals surface area contributed by atoms with Gasteiger partial charge in [-0.25, -0.2) is 9.37 Å². The van der Waals surface area contributed by atoms with Crippen molar-refractivity contribution < 1.29 is 9.18 Å². The Morgan fingerprint density at radius 1 is 1.23 bits per heavy atom. The van der Waals surface area contributed by atoms with Crippen molar-refractivity contribution >= 4 is 54.8 Å². The lowest BCUT2D eigenvalue weighted by Crippen LogP contribution is -2.27. The third-order valence-corrected chi connectivity index (χ3v) is 5.33. The Morgan fingerprint density at radius 2 is 2.04 bits per heavy atom. The minimum Gasteiger partial charge on any atom is -0.322 e. The van der Waals surface area contributed by atoms with Crippen molar-refractivity contribution in [1.29, 1.82) is 0 Å². The molecule has 0 fully saturated rings. The highest BCUT2D eigenvalue weighted by atomic mass is 35.5. The number of benzene rings is 2. The molecular weight excluding hydrogens is 377 g/mol. The summed E-state index contributed by atoms with van der Waals surface area (Å²) in [5.41, 5.74) is 0.246. The van der Waals surface area contributed by atoms with E-state index in [2.05, 4.69) is 10.3 Å². The molecule has 4 aromatic rings. The van der Waals surface area contributed by atoms with E-state index in [1.807, 2.05) is 6.07 Å². The normalized spacial score (nSPS) is 11.2. The Bertz CT molecular complexity index is 1220. The van der Waals surface area contributed by atoms with Gasteiger partial charge in [0, 0.05) is 10.1 Å². The topological polar surface area (TPSA) is 64.0 Å². The fraction of sp³-hybridized carbons (Fsp3) is 0.0556. The fourth-order valence-electron chi connectivity index (χ4n) is 2.69. The number of carbonyl (C=O) groups excluding carboxylic acids is 1. The van der Waals surface area contributed by atoms with Gasteiger partial charge >= 0.3 is 0 Å². The second kappa shape index (κ2) is 6.51. The van der Waals surface area contributed by atoms with Crippen molar-refractivity contribution in [2.45, 2.75) is 6.54 Å². The second-order valence-corrected chi connectivity index (χ2v) is 7.06. The first kappa shape index (κ1) is 16.7. The highest BCUT2D eigenvalue weighted by Gasteiger charge is 2.15. The van der Waals surface area contributed by atoms with E-state index in [0.717, 1.165) is 10.1 Å². The fourth-order valence-corrected chi connectivity index (χ4v) is 4.14. The van der Waals surface area contributed by atoms with Crippen molar-refractivity contribution in [3.8, 4) is 0 Å². The third kappa shape index (κ3) is 2.85. The summed E-state index contributed by atoms with van der Waals surface area (Å²) in [6, 6.07) is 11.2. The van der Waals surface area contributed by atoms with E-state index in [9.17, 15) is 14.0 Å². The average molecular weight is 388 g/mol. The molecule has 1 amide bonds. The summed E-state index contributed by atoms with van der Waals surface area (Å²) in [6.45, 7) is -0.266. The molecule has 0 saturated carbocycles. The molecule has 0 saturated heterocycles. The molecule has 130 valence electrons. The zero-order valence-electron chi connectivity index (χ0n) is 13.2. The van der Waals surface area contributed by atoms with Crippen LogP contribution in [0.1, 0.15) is 0 Å². The van der Waals surface area contributed by atoms with Gasteiger partial charge < -0.3 is 5.32 Å². The van der Waals surface area contributed by atoms with Crippen LogP contribution in [-0.2, 0) is 11.3 Å². The molecule has 1 N–H and O–H groups in total. The van der Waals surface area contributed by atoms with Gasteiger partial charge in [0.1, 0.15) is 17.1 Å². The molecule has 0 radical (unpaired) electrons. The van der Waals surface area contributed by atoms with E-state index in [1.165, 1.54) is 40.4 Å². The Kier molecular flexibility index (Phi) is 4.18. The van der Waals surface area contributed by atoms with E-state index < -0.39 is 11.7 Å². The van der Waals surface area contributed by atoms with Crippen molar-refractivity contribution in [3.05, 3.63) is 70.0 Å². The smallest absolute Gasteiger partial charge is 0.271 e. The van der Waals surface area contributed by atoms with Crippen molar-refractivity contribution in [1.82, 2.24) is 9.55 Å². The summed E-state index contributed by atoms with van der Waals surface area (Å²) < 4.78 is 16.1. The standard InChI is InChI=1S/C18H11ClFN3O2S/c19-10-4-3-7-13-15(10)16-17(26-13)18(25)23(9-21-16)8-14(24)22-12-6-2-1-5-11(12)20/h1-7,9H,8H2,(H,22,24). The van der Waals surface area contributed by atoms with Crippen molar-refractivity contribution in [2.24, 2.45) is 0 Å². The molecule has 0 unspecified atom stereocenters. The largest absolute Gasteiger partial charge is 0.322 e. The van der Waals surface area contributed by atoms with Gasteiger partial charge in [-0.3, -0.25) is 14.2 Å². The minimum atomic E-state index is -0.541. The highest BCUT2D eigenvalue weighted by molar-refractivity contribution is 7.25. The number of hydrogen-bond donors (Lipinski definition) is 1. The van der Waals surface area contributed by atoms with Crippen LogP contribution in [0.4, 0.5) is 10.1 Å². The van der Waals surface area contributed by atoms with Crippen LogP contribution in [0.3, 0.4) is 0 Å². The maximum absolute atomic E-state index is 13.6. The molecule has 2 aromatic heterocycles. The molecular formula is C18H11ClFN3O2S. The third-order valence-electron chi connectivity index (χ3n) is 3.88. The molecule has 0 aliphatic rings. The molecule has 2 aromatic carbocycles. The number of thiophene rings is 1. The van der Waals surface area contributed by atoms with Gasteiger partial charge in [-0.1, -0.05) is 29.8 Å². The van der Waals surface area contributed by atoms with Crippen LogP contribution in [-0.4, -0.2) is 15.5 Å². The number of para-hydroxylation sites is 1. The lowest BCUT2D eigenvalue weighted by atomic mass is 10.2.